The number of hydrogen-bond donors (Lipinski definition) is 0. The second-order valence-corrected chi connectivity index (χ2v) is 2.38. The van der Waals surface area contributed by atoms with Crippen LogP contribution in [-0.4, -0.2) is 17.1 Å². The molecule has 1 aromatic rings. The maximum Gasteiger partial charge on any atom is 0.278 e. The van der Waals surface area contributed by atoms with Gasteiger partial charge in [-0.25, -0.2) is 4.99 Å². The molecule has 0 aliphatic heterocycles. The molecule has 1 rings (SSSR count). The fraction of sp³-hybridized carbons (Fsp3) is 0.222. The Morgan fingerprint density at radius 3 is 2.83 bits per heavy atom. The van der Waals surface area contributed by atoms with Gasteiger partial charge in [-0.05, 0) is 26.0 Å². The topological polar surface area (TPSA) is 42.3 Å². The van der Waals surface area contributed by atoms with Gasteiger partial charge in [0.25, 0.3) is 5.91 Å². The van der Waals surface area contributed by atoms with Gasteiger partial charge in [-0.3, -0.25) is 9.78 Å². The predicted octanol–water partition coefficient (Wildman–Crippen LogP) is 1.62. The van der Waals surface area contributed by atoms with Crippen LogP contribution in [0.3, 0.4) is 0 Å². The zero-order valence-corrected chi connectivity index (χ0v) is 7.11. The van der Waals surface area contributed by atoms with Gasteiger partial charge in [0.05, 0.1) is 5.56 Å². The molecular weight excluding hydrogens is 152 g/mol. The zero-order valence-electron chi connectivity index (χ0n) is 7.11. The summed E-state index contributed by atoms with van der Waals surface area (Å²) >= 11 is 0. The number of rotatable bonds is 1. The highest BCUT2D eigenvalue weighted by Gasteiger charge is 2.01. The number of aryl methyl sites for hydroxylation is 1. The lowest BCUT2D eigenvalue weighted by atomic mass is 10.2. The lowest BCUT2D eigenvalue weighted by Gasteiger charge is -1.94. The van der Waals surface area contributed by atoms with Gasteiger partial charge < -0.3 is 0 Å². The molecule has 62 valence electrons. The summed E-state index contributed by atoms with van der Waals surface area (Å²) in [6.45, 7) is 3.58. The summed E-state index contributed by atoms with van der Waals surface area (Å²) in [5, 5.41) is 0. The van der Waals surface area contributed by atoms with Crippen LogP contribution in [0.4, 0.5) is 0 Å². The minimum absolute atomic E-state index is 0.245. The highest BCUT2D eigenvalue weighted by atomic mass is 16.1. The molecule has 0 radical (unpaired) electrons. The molecule has 0 spiro atoms. The van der Waals surface area contributed by atoms with Gasteiger partial charge in [0.1, 0.15) is 0 Å². The van der Waals surface area contributed by atoms with E-state index in [9.17, 15) is 4.79 Å². The molecule has 0 aliphatic carbocycles. The van der Waals surface area contributed by atoms with Crippen LogP contribution in [0.1, 0.15) is 23.0 Å². The lowest BCUT2D eigenvalue weighted by molar-refractivity contribution is 0.100. The van der Waals surface area contributed by atoms with E-state index in [0.29, 0.717) is 5.56 Å². The Hall–Kier alpha value is -1.51. The molecular formula is C9H10N2O. The second kappa shape index (κ2) is 3.76. The smallest absolute Gasteiger partial charge is 0.267 e. The first-order chi connectivity index (χ1) is 5.74. The molecule has 3 heteroatoms. The Balaban J connectivity index is 2.90. The van der Waals surface area contributed by atoms with Crippen molar-refractivity contribution < 1.29 is 4.79 Å². The van der Waals surface area contributed by atoms with Crippen molar-refractivity contribution >= 4 is 12.1 Å². The third kappa shape index (κ3) is 1.99. The third-order valence-corrected chi connectivity index (χ3v) is 1.40. The summed E-state index contributed by atoms with van der Waals surface area (Å²) in [7, 11) is 0. The van der Waals surface area contributed by atoms with E-state index in [2.05, 4.69) is 9.98 Å². The van der Waals surface area contributed by atoms with Crippen molar-refractivity contribution in [3.05, 3.63) is 29.6 Å². The molecule has 0 bridgehead atoms. The van der Waals surface area contributed by atoms with E-state index in [1.807, 2.05) is 6.92 Å². The van der Waals surface area contributed by atoms with Crippen LogP contribution in [0.5, 0.6) is 0 Å². The van der Waals surface area contributed by atoms with Crippen LogP contribution in [0.15, 0.2) is 23.3 Å². The number of aliphatic imine (C=N–C) groups is 1. The molecule has 0 aliphatic rings. The summed E-state index contributed by atoms with van der Waals surface area (Å²) in [6, 6.07) is 3.51. The first-order valence-electron chi connectivity index (χ1n) is 3.69. The molecule has 12 heavy (non-hydrogen) atoms. The van der Waals surface area contributed by atoms with Gasteiger partial charge in [0, 0.05) is 18.1 Å². The monoisotopic (exact) mass is 162 g/mol. The maximum atomic E-state index is 11.1. The highest BCUT2D eigenvalue weighted by Crippen LogP contribution is 2.00. The minimum Gasteiger partial charge on any atom is -0.267 e. The van der Waals surface area contributed by atoms with Crippen molar-refractivity contribution in [3.8, 4) is 0 Å². The van der Waals surface area contributed by atoms with Crippen molar-refractivity contribution in [1.82, 2.24) is 4.98 Å². The number of nitrogens with zero attached hydrogens (tertiary/aromatic N) is 2. The van der Waals surface area contributed by atoms with Gasteiger partial charge in [-0.15, -0.1) is 0 Å². The van der Waals surface area contributed by atoms with Gasteiger partial charge in [-0.1, -0.05) is 0 Å². The largest absolute Gasteiger partial charge is 0.278 e. The van der Waals surface area contributed by atoms with E-state index in [4.69, 9.17) is 0 Å². The second-order valence-electron chi connectivity index (χ2n) is 2.38. The number of carbonyl (C=O) groups excluding carboxylic acids is 1. The van der Waals surface area contributed by atoms with E-state index < -0.39 is 0 Å². The Kier molecular flexibility index (Phi) is 2.69. The van der Waals surface area contributed by atoms with Crippen LogP contribution in [0.2, 0.25) is 0 Å². The Labute approximate surface area is 71.2 Å². The van der Waals surface area contributed by atoms with E-state index >= 15 is 0 Å². The molecule has 0 atom stereocenters. The molecule has 1 heterocycles. The first-order valence-corrected chi connectivity index (χ1v) is 3.69. The van der Waals surface area contributed by atoms with Crippen LogP contribution in [0.25, 0.3) is 0 Å². The molecule has 0 fully saturated rings. The maximum absolute atomic E-state index is 11.1. The average molecular weight is 162 g/mol. The fourth-order valence-electron chi connectivity index (χ4n) is 0.786. The van der Waals surface area contributed by atoms with Crippen molar-refractivity contribution in [2.75, 3.05) is 0 Å². The SMILES string of the molecule is CC=NC(=O)c1ccc(C)nc1. The Morgan fingerprint density at radius 2 is 2.33 bits per heavy atom. The lowest BCUT2D eigenvalue weighted by Crippen LogP contribution is -1.95. The van der Waals surface area contributed by atoms with Crippen molar-refractivity contribution in [2.24, 2.45) is 4.99 Å². The summed E-state index contributed by atoms with van der Waals surface area (Å²) in [5.74, 6) is -0.245. The molecule has 0 unspecified atom stereocenters. The molecule has 0 N–H and O–H groups in total. The van der Waals surface area contributed by atoms with Crippen LogP contribution >= 0.6 is 0 Å². The fourth-order valence-corrected chi connectivity index (χ4v) is 0.786. The van der Waals surface area contributed by atoms with Crippen LogP contribution in [-0.2, 0) is 0 Å². The predicted molar refractivity (Wildman–Crippen MR) is 47.5 cm³/mol. The molecule has 3 nitrogen and oxygen atoms in total. The number of aromatic nitrogens is 1. The van der Waals surface area contributed by atoms with Crippen molar-refractivity contribution in [1.29, 1.82) is 0 Å². The molecule has 0 saturated carbocycles. The van der Waals surface area contributed by atoms with E-state index in [1.165, 1.54) is 12.4 Å². The van der Waals surface area contributed by atoms with Crippen molar-refractivity contribution in [3.63, 3.8) is 0 Å². The van der Waals surface area contributed by atoms with Crippen LogP contribution in [0, 0.1) is 6.92 Å². The van der Waals surface area contributed by atoms with Gasteiger partial charge in [0.2, 0.25) is 0 Å². The van der Waals surface area contributed by atoms with Crippen molar-refractivity contribution in [2.45, 2.75) is 13.8 Å². The van der Waals surface area contributed by atoms with Gasteiger partial charge in [0.15, 0.2) is 0 Å². The Bertz CT molecular complexity index is 301. The zero-order chi connectivity index (χ0) is 8.97. The molecule has 0 saturated heterocycles. The van der Waals surface area contributed by atoms with Gasteiger partial charge >= 0.3 is 0 Å². The quantitative estimate of drug-likeness (QED) is 0.589. The van der Waals surface area contributed by atoms with E-state index in [1.54, 1.807) is 19.1 Å². The van der Waals surface area contributed by atoms with Crippen LogP contribution < -0.4 is 0 Å². The number of pyridine rings is 1. The standard InChI is InChI=1S/C9H10N2O/c1-3-10-9(12)8-5-4-7(2)11-6-8/h3-6H,1-2H3. The van der Waals surface area contributed by atoms with E-state index in [-0.39, 0.29) is 5.91 Å². The summed E-state index contributed by atoms with van der Waals surface area (Å²) in [5.41, 5.74) is 1.42. The van der Waals surface area contributed by atoms with Gasteiger partial charge in [-0.2, -0.15) is 0 Å². The highest BCUT2D eigenvalue weighted by molar-refractivity contribution is 5.98. The summed E-state index contributed by atoms with van der Waals surface area (Å²) in [4.78, 5) is 18.7. The molecule has 0 aromatic carbocycles. The minimum atomic E-state index is -0.245. The summed E-state index contributed by atoms with van der Waals surface area (Å²) in [6.07, 6.45) is 3.01. The summed E-state index contributed by atoms with van der Waals surface area (Å²) < 4.78 is 0. The normalized spacial score (nSPS) is 10.5. The van der Waals surface area contributed by atoms with E-state index in [0.717, 1.165) is 5.69 Å². The number of hydrogen-bond acceptors (Lipinski definition) is 2. The molecule has 1 aromatic heterocycles. The third-order valence-electron chi connectivity index (χ3n) is 1.40. The molecule has 1 amide bonds. The number of carbonyl (C=O) groups is 1. The first kappa shape index (κ1) is 8.59. The number of amides is 1. The Morgan fingerprint density at radius 1 is 1.58 bits per heavy atom. The average Bonchev–Trinajstić information content (AvgIpc) is 2.06.